The van der Waals surface area contributed by atoms with E-state index < -0.39 is 11.9 Å². The van der Waals surface area contributed by atoms with Crippen LogP contribution < -0.4 is 9.47 Å². The van der Waals surface area contributed by atoms with Gasteiger partial charge in [0.05, 0.1) is 13.7 Å². The predicted molar refractivity (Wildman–Crippen MR) is 107 cm³/mol. The van der Waals surface area contributed by atoms with E-state index in [9.17, 15) is 9.59 Å². The van der Waals surface area contributed by atoms with Gasteiger partial charge < -0.3 is 18.9 Å². The number of cyclic esters (lactones) is 1. The molecule has 2 aromatic rings. The van der Waals surface area contributed by atoms with Crippen molar-refractivity contribution in [3.63, 3.8) is 0 Å². The van der Waals surface area contributed by atoms with Crippen LogP contribution in [0.5, 0.6) is 11.5 Å². The Hall–Kier alpha value is -3.32. The van der Waals surface area contributed by atoms with Crippen molar-refractivity contribution in [1.82, 2.24) is 0 Å². The molecule has 0 fully saturated rings. The first-order chi connectivity index (χ1) is 14.0. The Morgan fingerprint density at radius 1 is 1.21 bits per heavy atom. The second kappa shape index (κ2) is 9.25. The number of methoxy groups -OCH3 is 1. The van der Waals surface area contributed by atoms with Crippen LogP contribution in [-0.2, 0) is 19.1 Å². The lowest BCUT2D eigenvalue weighted by molar-refractivity contribution is -0.145. The van der Waals surface area contributed by atoms with E-state index in [1.165, 1.54) is 7.11 Å². The fourth-order valence-corrected chi connectivity index (χ4v) is 2.73. The van der Waals surface area contributed by atoms with Crippen molar-refractivity contribution in [2.45, 2.75) is 6.92 Å². The minimum Gasteiger partial charge on any atom is -0.493 e. The quantitative estimate of drug-likeness (QED) is 0.507. The summed E-state index contributed by atoms with van der Waals surface area (Å²) in [5, 5.41) is 0.516. The van der Waals surface area contributed by atoms with Gasteiger partial charge in [0, 0.05) is 10.6 Å². The zero-order chi connectivity index (χ0) is 20.8. The standard InChI is InChI=1S/C21H18ClNO6/c1-3-27-19(24)12-28-17-8-7-13(10-18(17)26-2)9-16-21(25)29-20(23-16)14-5-4-6-15(22)11-14/h4-11H,3,12H2,1-2H3. The van der Waals surface area contributed by atoms with Gasteiger partial charge in [-0.05, 0) is 48.9 Å². The van der Waals surface area contributed by atoms with Crippen molar-refractivity contribution in [3.05, 3.63) is 64.3 Å². The van der Waals surface area contributed by atoms with Crippen LogP contribution in [0.2, 0.25) is 5.02 Å². The van der Waals surface area contributed by atoms with Gasteiger partial charge in [-0.2, -0.15) is 0 Å². The van der Waals surface area contributed by atoms with E-state index in [1.54, 1.807) is 55.5 Å². The van der Waals surface area contributed by atoms with Crippen LogP contribution in [0.25, 0.3) is 6.08 Å². The summed E-state index contributed by atoms with van der Waals surface area (Å²) < 4.78 is 20.8. The molecule has 7 nitrogen and oxygen atoms in total. The first-order valence-corrected chi connectivity index (χ1v) is 9.13. The van der Waals surface area contributed by atoms with Crippen molar-refractivity contribution >= 4 is 35.5 Å². The van der Waals surface area contributed by atoms with Crippen molar-refractivity contribution in [2.75, 3.05) is 20.3 Å². The number of nitrogens with zero attached hydrogens (tertiary/aromatic N) is 1. The molecule has 0 aromatic heterocycles. The van der Waals surface area contributed by atoms with Gasteiger partial charge in [-0.3, -0.25) is 0 Å². The Labute approximate surface area is 172 Å². The number of ether oxygens (including phenoxy) is 4. The highest BCUT2D eigenvalue weighted by atomic mass is 35.5. The van der Waals surface area contributed by atoms with Crippen LogP contribution in [-0.4, -0.2) is 38.2 Å². The maximum atomic E-state index is 12.2. The molecule has 1 aliphatic heterocycles. The molecule has 0 amide bonds. The topological polar surface area (TPSA) is 83.4 Å². The summed E-state index contributed by atoms with van der Waals surface area (Å²) in [5.74, 6) is -0.0853. The predicted octanol–water partition coefficient (Wildman–Crippen LogP) is 3.64. The monoisotopic (exact) mass is 415 g/mol. The molecular formula is C21H18ClNO6. The third kappa shape index (κ3) is 5.14. The minimum atomic E-state index is -0.568. The summed E-state index contributed by atoms with van der Waals surface area (Å²) in [6.45, 7) is 1.76. The largest absolute Gasteiger partial charge is 0.493 e. The van der Waals surface area contributed by atoms with Gasteiger partial charge >= 0.3 is 11.9 Å². The minimum absolute atomic E-state index is 0.141. The van der Waals surface area contributed by atoms with Crippen LogP contribution in [0.3, 0.4) is 0 Å². The second-order valence-electron chi connectivity index (χ2n) is 5.85. The summed E-state index contributed by atoms with van der Waals surface area (Å²) >= 11 is 5.97. The van der Waals surface area contributed by atoms with Crippen molar-refractivity contribution in [2.24, 2.45) is 4.99 Å². The fraction of sp³-hybridized carbons (Fsp3) is 0.190. The van der Waals surface area contributed by atoms with E-state index in [0.717, 1.165) is 0 Å². The number of hydrogen-bond acceptors (Lipinski definition) is 7. The lowest BCUT2D eigenvalue weighted by Crippen LogP contribution is -2.14. The van der Waals surface area contributed by atoms with Crippen LogP contribution in [0.15, 0.2) is 53.2 Å². The van der Waals surface area contributed by atoms with E-state index in [2.05, 4.69) is 4.99 Å². The van der Waals surface area contributed by atoms with Crippen LogP contribution >= 0.6 is 11.6 Å². The highest BCUT2D eigenvalue weighted by Crippen LogP contribution is 2.30. The second-order valence-corrected chi connectivity index (χ2v) is 6.29. The molecule has 0 N–H and O–H groups in total. The van der Waals surface area contributed by atoms with Gasteiger partial charge in [-0.25, -0.2) is 14.6 Å². The normalized spacial score (nSPS) is 14.4. The van der Waals surface area contributed by atoms with Crippen LogP contribution in [0.4, 0.5) is 0 Å². The zero-order valence-corrected chi connectivity index (χ0v) is 16.6. The molecule has 0 atom stereocenters. The molecule has 0 radical (unpaired) electrons. The Bertz CT molecular complexity index is 998. The first-order valence-electron chi connectivity index (χ1n) is 8.75. The highest BCUT2D eigenvalue weighted by molar-refractivity contribution is 6.31. The fourth-order valence-electron chi connectivity index (χ4n) is 2.54. The van der Waals surface area contributed by atoms with Crippen molar-refractivity contribution in [3.8, 4) is 11.5 Å². The molecule has 3 rings (SSSR count). The van der Waals surface area contributed by atoms with Gasteiger partial charge in [-0.1, -0.05) is 23.7 Å². The van der Waals surface area contributed by atoms with E-state index in [1.807, 2.05) is 0 Å². The lowest BCUT2D eigenvalue weighted by Gasteiger charge is -2.10. The third-order valence-corrected chi connectivity index (χ3v) is 4.07. The van der Waals surface area contributed by atoms with E-state index in [4.69, 9.17) is 30.5 Å². The van der Waals surface area contributed by atoms with E-state index >= 15 is 0 Å². The SMILES string of the molecule is CCOC(=O)COc1ccc(C=C2N=C(c3cccc(Cl)c3)OC2=O)cc1OC. The maximum Gasteiger partial charge on any atom is 0.363 e. The summed E-state index contributed by atoms with van der Waals surface area (Å²) in [6, 6.07) is 11.9. The summed E-state index contributed by atoms with van der Waals surface area (Å²) in [4.78, 5) is 27.9. The molecule has 0 bridgehead atoms. The van der Waals surface area contributed by atoms with Gasteiger partial charge in [0.1, 0.15) is 0 Å². The molecule has 150 valence electrons. The molecule has 0 saturated heterocycles. The molecule has 29 heavy (non-hydrogen) atoms. The molecule has 0 spiro atoms. The molecule has 1 aliphatic rings. The number of aliphatic imine (C=N–C) groups is 1. The van der Waals surface area contributed by atoms with Gasteiger partial charge in [0.2, 0.25) is 5.90 Å². The van der Waals surface area contributed by atoms with Crippen molar-refractivity contribution < 1.29 is 28.5 Å². The van der Waals surface area contributed by atoms with Crippen LogP contribution in [0.1, 0.15) is 18.1 Å². The lowest BCUT2D eigenvalue weighted by atomic mass is 10.1. The molecule has 1 heterocycles. The molecule has 2 aromatic carbocycles. The summed E-state index contributed by atoms with van der Waals surface area (Å²) in [7, 11) is 1.47. The number of carbonyl (C=O) groups is 2. The molecular weight excluding hydrogens is 398 g/mol. The number of carbonyl (C=O) groups excluding carboxylic acids is 2. The number of rotatable bonds is 7. The molecule has 0 unspecified atom stereocenters. The summed E-state index contributed by atoms with van der Waals surface area (Å²) in [5.41, 5.74) is 1.39. The van der Waals surface area contributed by atoms with E-state index in [-0.39, 0.29) is 24.8 Å². The Balaban J connectivity index is 1.80. The van der Waals surface area contributed by atoms with E-state index in [0.29, 0.717) is 27.6 Å². The Morgan fingerprint density at radius 3 is 2.76 bits per heavy atom. The first kappa shape index (κ1) is 20.4. The smallest absolute Gasteiger partial charge is 0.363 e. The number of benzene rings is 2. The van der Waals surface area contributed by atoms with Gasteiger partial charge in [0.15, 0.2) is 23.8 Å². The maximum absolute atomic E-state index is 12.2. The average Bonchev–Trinajstić information content (AvgIpc) is 3.07. The third-order valence-electron chi connectivity index (χ3n) is 3.83. The zero-order valence-electron chi connectivity index (χ0n) is 15.8. The van der Waals surface area contributed by atoms with Gasteiger partial charge in [-0.15, -0.1) is 0 Å². The number of halogens is 1. The number of hydrogen-bond donors (Lipinski definition) is 0. The molecule has 0 saturated carbocycles. The number of esters is 2. The van der Waals surface area contributed by atoms with Gasteiger partial charge in [0.25, 0.3) is 0 Å². The van der Waals surface area contributed by atoms with Crippen molar-refractivity contribution in [1.29, 1.82) is 0 Å². The molecule has 0 aliphatic carbocycles. The molecule has 8 heteroatoms. The Morgan fingerprint density at radius 2 is 2.03 bits per heavy atom. The average molecular weight is 416 g/mol. The highest BCUT2D eigenvalue weighted by Gasteiger charge is 2.24. The Kier molecular flexibility index (Phi) is 6.51. The summed E-state index contributed by atoms with van der Waals surface area (Å²) in [6.07, 6.45) is 1.57. The van der Waals surface area contributed by atoms with Crippen LogP contribution in [0, 0.1) is 0 Å².